The van der Waals surface area contributed by atoms with Gasteiger partial charge in [0, 0.05) is 18.7 Å². The van der Waals surface area contributed by atoms with Crippen LogP contribution in [0.5, 0.6) is 5.75 Å². The van der Waals surface area contributed by atoms with Crippen molar-refractivity contribution >= 4 is 12.0 Å². The number of methoxy groups -OCH3 is 1. The Labute approximate surface area is 177 Å². The molecule has 0 aliphatic carbocycles. The predicted octanol–water partition coefficient (Wildman–Crippen LogP) is 4.71. The van der Waals surface area contributed by atoms with Crippen molar-refractivity contribution in [3.63, 3.8) is 0 Å². The second-order valence-electron chi connectivity index (χ2n) is 8.14. The Morgan fingerprint density at radius 2 is 1.90 bits per heavy atom. The number of amides is 1. The highest BCUT2D eigenvalue weighted by Crippen LogP contribution is 2.23. The molecule has 6 nitrogen and oxygen atoms in total. The molecule has 156 valence electrons. The summed E-state index contributed by atoms with van der Waals surface area (Å²) in [5.74, 6) is 1.40. The fourth-order valence-corrected chi connectivity index (χ4v) is 2.87. The molecule has 0 N–H and O–H groups in total. The molecule has 30 heavy (non-hydrogen) atoms. The van der Waals surface area contributed by atoms with E-state index in [0.29, 0.717) is 17.5 Å². The minimum absolute atomic E-state index is 0.103. The van der Waals surface area contributed by atoms with Gasteiger partial charge in [0.1, 0.15) is 5.75 Å². The quantitative estimate of drug-likeness (QED) is 0.555. The molecule has 3 rings (SSSR count). The van der Waals surface area contributed by atoms with Gasteiger partial charge in [-0.05, 0) is 34.8 Å². The minimum Gasteiger partial charge on any atom is -0.497 e. The normalized spacial score (nSPS) is 11.6. The number of hydrogen-bond acceptors (Lipinski definition) is 5. The van der Waals surface area contributed by atoms with Gasteiger partial charge in [-0.2, -0.15) is 4.98 Å². The fourth-order valence-electron chi connectivity index (χ4n) is 2.87. The molecule has 0 saturated heterocycles. The van der Waals surface area contributed by atoms with Gasteiger partial charge in [0.25, 0.3) is 0 Å². The van der Waals surface area contributed by atoms with E-state index < -0.39 is 0 Å². The van der Waals surface area contributed by atoms with E-state index in [-0.39, 0.29) is 17.9 Å². The van der Waals surface area contributed by atoms with Gasteiger partial charge in [-0.1, -0.05) is 62.3 Å². The molecule has 0 aliphatic rings. The van der Waals surface area contributed by atoms with Crippen LogP contribution in [0.1, 0.15) is 37.8 Å². The van der Waals surface area contributed by atoms with Gasteiger partial charge in [0.15, 0.2) is 0 Å². The predicted molar refractivity (Wildman–Crippen MR) is 117 cm³/mol. The molecule has 0 atom stereocenters. The highest BCUT2D eigenvalue weighted by atomic mass is 16.5. The third kappa shape index (κ3) is 5.35. The standard InChI is InChI=1S/C24H27N3O3/c1-24(2,3)19-12-9-17(10-13-19)11-14-22(28)27(4)16-21-25-23(26-30-21)18-7-6-8-20(15-18)29-5/h6-15H,16H2,1-5H3/b14-11+. The second kappa shape index (κ2) is 8.95. The van der Waals surface area contributed by atoms with Gasteiger partial charge < -0.3 is 14.2 Å². The molecule has 2 aromatic carbocycles. The van der Waals surface area contributed by atoms with Crippen LogP contribution in [-0.4, -0.2) is 35.1 Å². The van der Waals surface area contributed by atoms with Crippen molar-refractivity contribution in [1.82, 2.24) is 15.0 Å². The summed E-state index contributed by atoms with van der Waals surface area (Å²) >= 11 is 0. The zero-order valence-electron chi connectivity index (χ0n) is 18.0. The van der Waals surface area contributed by atoms with E-state index in [2.05, 4.69) is 43.0 Å². The van der Waals surface area contributed by atoms with Crippen molar-refractivity contribution in [2.24, 2.45) is 0 Å². The lowest BCUT2D eigenvalue weighted by atomic mass is 9.87. The Morgan fingerprint density at radius 1 is 1.17 bits per heavy atom. The van der Waals surface area contributed by atoms with Crippen molar-refractivity contribution in [2.45, 2.75) is 32.7 Å². The lowest BCUT2D eigenvalue weighted by molar-refractivity contribution is -0.125. The van der Waals surface area contributed by atoms with Crippen LogP contribution in [0.2, 0.25) is 0 Å². The monoisotopic (exact) mass is 405 g/mol. The number of carbonyl (C=O) groups is 1. The number of rotatable bonds is 6. The highest BCUT2D eigenvalue weighted by molar-refractivity contribution is 5.91. The number of aromatic nitrogens is 2. The largest absolute Gasteiger partial charge is 0.497 e. The van der Waals surface area contributed by atoms with Gasteiger partial charge in [-0.15, -0.1) is 0 Å². The molecule has 6 heteroatoms. The lowest BCUT2D eigenvalue weighted by Gasteiger charge is -2.18. The summed E-state index contributed by atoms with van der Waals surface area (Å²) in [4.78, 5) is 18.3. The van der Waals surface area contributed by atoms with Crippen LogP contribution in [0.15, 0.2) is 59.1 Å². The first kappa shape index (κ1) is 21.3. The summed E-state index contributed by atoms with van der Waals surface area (Å²) in [6.07, 6.45) is 3.35. The average molecular weight is 405 g/mol. The highest BCUT2D eigenvalue weighted by Gasteiger charge is 2.14. The summed E-state index contributed by atoms with van der Waals surface area (Å²) in [7, 11) is 3.30. The van der Waals surface area contributed by atoms with Crippen LogP contribution in [0.25, 0.3) is 17.5 Å². The summed E-state index contributed by atoms with van der Waals surface area (Å²) in [6, 6.07) is 15.6. The van der Waals surface area contributed by atoms with Crippen LogP contribution in [-0.2, 0) is 16.8 Å². The van der Waals surface area contributed by atoms with E-state index in [1.807, 2.05) is 36.4 Å². The number of nitrogens with zero attached hydrogens (tertiary/aromatic N) is 3. The molecule has 0 saturated carbocycles. The lowest BCUT2D eigenvalue weighted by Crippen LogP contribution is -2.24. The van der Waals surface area contributed by atoms with E-state index in [4.69, 9.17) is 9.26 Å². The maximum Gasteiger partial charge on any atom is 0.246 e. The third-order valence-corrected chi connectivity index (χ3v) is 4.74. The molecule has 0 aliphatic heterocycles. The summed E-state index contributed by atoms with van der Waals surface area (Å²) in [6.45, 7) is 6.75. The topological polar surface area (TPSA) is 68.5 Å². The molecule has 0 unspecified atom stereocenters. The Bertz CT molecular complexity index is 1030. The molecule has 0 spiro atoms. The maximum absolute atomic E-state index is 12.4. The summed E-state index contributed by atoms with van der Waals surface area (Å²) < 4.78 is 10.5. The van der Waals surface area contributed by atoms with Crippen LogP contribution in [0.4, 0.5) is 0 Å². The smallest absolute Gasteiger partial charge is 0.246 e. The number of likely N-dealkylation sites (N-methyl/N-ethyl adjacent to an activating group) is 1. The molecule has 0 fully saturated rings. The van der Waals surface area contributed by atoms with Gasteiger partial charge in [0.2, 0.25) is 17.6 Å². The number of carbonyl (C=O) groups excluding carboxylic acids is 1. The fraction of sp³-hybridized carbons (Fsp3) is 0.292. The molecular weight excluding hydrogens is 378 g/mol. The van der Waals surface area contributed by atoms with Crippen molar-refractivity contribution in [2.75, 3.05) is 14.2 Å². The van der Waals surface area contributed by atoms with Crippen LogP contribution in [0.3, 0.4) is 0 Å². The Hall–Kier alpha value is -3.41. The van der Waals surface area contributed by atoms with E-state index in [0.717, 1.165) is 11.1 Å². The Kier molecular flexibility index (Phi) is 6.35. The number of benzene rings is 2. The van der Waals surface area contributed by atoms with Crippen LogP contribution in [0, 0.1) is 0 Å². The molecule has 0 bridgehead atoms. The zero-order chi connectivity index (χ0) is 21.7. The average Bonchev–Trinajstić information content (AvgIpc) is 3.20. The molecule has 3 aromatic rings. The van der Waals surface area contributed by atoms with Crippen molar-refractivity contribution in [1.29, 1.82) is 0 Å². The molecule has 0 radical (unpaired) electrons. The third-order valence-electron chi connectivity index (χ3n) is 4.74. The van der Waals surface area contributed by atoms with Gasteiger partial charge in [-0.3, -0.25) is 4.79 Å². The van der Waals surface area contributed by atoms with Gasteiger partial charge >= 0.3 is 0 Å². The minimum atomic E-state index is -0.143. The number of ether oxygens (including phenoxy) is 1. The van der Waals surface area contributed by atoms with E-state index in [9.17, 15) is 4.79 Å². The number of hydrogen-bond donors (Lipinski definition) is 0. The Balaban J connectivity index is 1.62. The van der Waals surface area contributed by atoms with Crippen molar-refractivity contribution < 1.29 is 14.1 Å². The summed E-state index contributed by atoms with van der Waals surface area (Å²) in [5, 5.41) is 4.00. The first-order valence-corrected chi connectivity index (χ1v) is 9.77. The van der Waals surface area contributed by atoms with Crippen LogP contribution >= 0.6 is 0 Å². The zero-order valence-corrected chi connectivity index (χ0v) is 18.0. The molecular formula is C24H27N3O3. The van der Waals surface area contributed by atoms with Gasteiger partial charge in [0.05, 0.1) is 13.7 Å². The summed E-state index contributed by atoms with van der Waals surface area (Å²) in [5.41, 5.74) is 3.12. The molecule has 1 heterocycles. The van der Waals surface area contributed by atoms with E-state index >= 15 is 0 Å². The maximum atomic E-state index is 12.4. The Morgan fingerprint density at radius 3 is 2.57 bits per heavy atom. The van der Waals surface area contributed by atoms with Crippen LogP contribution < -0.4 is 4.74 Å². The van der Waals surface area contributed by atoms with E-state index in [1.165, 1.54) is 10.5 Å². The van der Waals surface area contributed by atoms with E-state index in [1.54, 1.807) is 26.3 Å². The first-order chi connectivity index (χ1) is 14.3. The van der Waals surface area contributed by atoms with Gasteiger partial charge in [-0.25, -0.2) is 0 Å². The molecule has 1 aromatic heterocycles. The second-order valence-corrected chi connectivity index (χ2v) is 8.14. The first-order valence-electron chi connectivity index (χ1n) is 9.77. The van der Waals surface area contributed by atoms with Crippen molar-refractivity contribution in [3.05, 3.63) is 71.6 Å². The van der Waals surface area contributed by atoms with Crippen molar-refractivity contribution in [3.8, 4) is 17.1 Å². The SMILES string of the molecule is COc1cccc(-c2noc(CN(C)C(=O)/C=C/c3ccc(C(C)(C)C)cc3)n2)c1. The molecule has 1 amide bonds.